The summed E-state index contributed by atoms with van der Waals surface area (Å²) in [5.74, 6) is -2.62. The second-order valence-electron chi connectivity index (χ2n) is 6.42. The van der Waals surface area contributed by atoms with Gasteiger partial charge in [0.25, 0.3) is 0 Å². The molecule has 0 aliphatic carbocycles. The van der Waals surface area contributed by atoms with Crippen molar-refractivity contribution >= 4 is 52.5 Å². The number of hydrogen-bond donors (Lipinski definition) is 3. The minimum atomic E-state index is -1.99. The Morgan fingerprint density at radius 1 is 1.16 bits per heavy atom. The number of ether oxygens (including phenoxy) is 1. The van der Waals surface area contributed by atoms with Crippen LogP contribution in [0.3, 0.4) is 0 Å². The number of carbonyl (C=O) groups excluding carboxylic acids is 1. The number of rotatable bonds is 6. The predicted octanol–water partition coefficient (Wildman–Crippen LogP) is 2.97. The highest BCUT2D eigenvalue weighted by molar-refractivity contribution is 6.42. The van der Waals surface area contributed by atoms with E-state index in [1.165, 1.54) is 30.3 Å². The van der Waals surface area contributed by atoms with Crippen LogP contribution in [0.1, 0.15) is 12.5 Å². The first-order valence-corrected chi connectivity index (χ1v) is 9.73. The van der Waals surface area contributed by atoms with E-state index in [1.54, 1.807) is 19.1 Å². The van der Waals surface area contributed by atoms with Gasteiger partial charge >= 0.3 is 18.0 Å². The lowest BCUT2D eigenvalue weighted by molar-refractivity contribution is -0.141. The molecule has 1 aliphatic heterocycles. The number of carbonyl (C=O) groups is 3. The Bertz CT molecular complexity index is 1240. The molecule has 0 radical (unpaired) electrons. The van der Waals surface area contributed by atoms with E-state index in [0.29, 0.717) is 5.22 Å². The zero-order valence-electron chi connectivity index (χ0n) is 16.1. The van der Waals surface area contributed by atoms with Crippen LogP contribution in [-0.2, 0) is 19.9 Å². The van der Waals surface area contributed by atoms with Gasteiger partial charge in [-0.3, -0.25) is 10.3 Å². The first kappa shape index (κ1) is 22.3. The number of amides is 1. The lowest BCUT2D eigenvalue weighted by Gasteiger charge is -2.25. The van der Waals surface area contributed by atoms with Crippen LogP contribution in [0, 0.1) is 0 Å². The van der Waals surface area contributed by atoms with Gasteiger partial charge in [-0.15, -0.1) is 0 Å². The van der Waals surface area contributed by atoms with Gasteiger partial charge in [0.2, 0.25) is 5.54 Å². The van der Waals surface area contributed by atoms with Crippen LogP contribution < -0.4 is 15.9 Å². The summed E-state index contributed by atoms with van der Waals surface area (Å²) in [6.07, 6.45) is 1.28. The summed E-state index contributed by atoms with van der Waals surface area (Å²) in [4.78, 5) is 39.9. The molecule has 1 unspecified atom stereocenters. The van der Waals surface area contributed by atoms with Crippen molar-refractivity contribution in [2.75, 3.05) is 11.9 Å². The molecule has 10 heteroatoms. The van der Waals surface area contributed by atoms with Crippen LogP contribution in [-0.4, -0.2) is 34.9 Å². The van der Waals surface area contributed by atoms with Crippen molar-refractivity contribution in [3.8, 4) is 0 Å². The Balaban J connectivity index is 2.28. The second-order valence-corrected chi connectivity index (χ2v) is 7.24. The van der Waals surface area contributed by atoms with Crippen LogP contribution in [0.15, 0.2) is 53.5 Å². The average molecular weight is 463 g/mol. The van der Waals surface area contributed by atoms with Crippen molar-refractivity contribution in [1.29, 1.82) is 0 Å². The molecule has 2 aromatic rings. The van der Waals surface area contributed by atoms with Crippen molar-refractivity contribution in [2.24, 2.45) is 4.99 Å². The number of nitrogens with zero attached hydrogens (tertiary/aromatic N) is 1. The Morgan fingerprint density at radius 2 is 1.87 bits per heavy atom. The van der Waals surface area contributed by atoms with E-state index in [9.17, 15) is 19.5 Å². The number of anilines is 1. The minimum Gasteiger partial charge on any atom is -0.479 e. The molecule has 0 saturated heterocycles. The lowest BCUT2D eigenvalue weighted by atomic mass is 9.82. The lowest BCUT2D eigenvalue weighted by Crippen LogP contribution is -2.34. The highest BCUT2D eigenvalue weighted by Gasteiger charge is 2.46. The molecular formula is C21H16Cl2N2O6. The number of fused-ring (bicyclic) bond motifs is 1. The highest BCUT2D eigenvalue weighted by atomic mass is 35.5. The number of halogens is 2. The van der Waals surface area contributed by atoms with Gasteiger partial charge in [0.1, 0.15) is 0 Å². The smallest absolute Gasteiger partial charge is 0.411 e. The molecule has 1 heterocycles. The molecular weight excluding hydrogens is 447 g/mol. The van der Waals surface area contributed by atoms with Crippen LogP contribution in [0.2, 0.25) is 10.0 Å². The van der Waals surface area contributed by atoms with Gasteiger partial charge in [-0.05, 0) is 42.8 Å². The van der Waals surface area contributed by atoms with Gasteiger partial charge in [-0.1, -0.05) is 35.3 Å². The monoisotopic (exact) mass is 462 g/mol. The van der Waals surface area contributed by atoms with Gasteiger partial charge in [0.15, 0.2) is 0 Å². The quantitative estimate of drug-likeness (QED) is 0.566. The summed E-state index contributed by atoms with van der Waals surface area (Å²) in [6, 6.07) is 8.89. The van der Waals surface area contributed by atoms with Gasteiger partial charge in [-0.25, -0.2) is 14.4 Å². The summed E-state index contributed by atoms with van der Waals surface area (Å²) in [5, 5.41) is 22.8. The Kier molecular flexibility index (Phi) is 6.33. The van der Waals surface area contributed by atoms with Crippen LogP contribution in [0.25, 0.3) is 5.57 Å². The van der Waals surface area contributed by atoms with Crippen molar-refractivity contribution in [1.82, 2.24) is 0 Å². The summed E-state index contributed by atoms with van der Waals surface area (Å²) in [7, 11) is 0. The van der Waals surface area contributed by atoms with Crippen LogP contribution in [0.5, 0.6) is 0 Å². The van der Waals surface area contributed by atoms with Gasteiger partial charge in [0.05, 0.1) is 22.0 Å². The number of nitrogens with one attached hydrogen (secondary N) is 1. The van der Waals surface area contributed by atoms with Crippen LogP contribution >= 0.6 is 23.2 Å². The number of benzene rings is 2. The molecule has 2 aromatic carbocycles. The molecule has 0 fully saturated rings. The minimum absolute atomic E-state index is 0.0873. The third-order valence-electron chi connectivity index (χ3n) is 4.51. The van der Waals surface area contributed by atoms with Crippen molar-refractivity contribution in [2.45, 2.75) is 12.5 Å². The fourth-order valence-electron chi connectivity index (χ4n) is 3.26. The van der Waals surface area contributed by atoms with E-state index in [4.69, 9.17) is 33.0 Å². The Labute approximate surface area is 186 Å². The maximum absolute atomic E-state index is 12.6. The summed E-state index contributed by atoms with van der Waals surface area (Å²) >= 11 is 12.2. The van der Waals surface area contributed by atoms with E-state index in [2.05, 4.69) is 10.3 Å². The Morgan fingerprint density at radius 3 is 2.52 bits per heavy atom. The number of carboxylic acids is 2. The van der Waals surface area contributed by atoms with Gasteiger partial charge < -0.3 is 14.9 Å². The summed E-state index contributed by atoms with van der Waals surface area (Å²) < 4.78 is 4.85. The third kappa shape index (κ3) is 4.26. The average Bonchev–Trinajstić information content (AvgIpc) is 3.01. The van der Waals surface area contributed by atoms with E-state index in [-0.39, 0.29) is 38.8 Å². The molecule has 160 valence electrons. The van der Waals surface area contributed by atoms with Crippen molar-refractivity contribution in [3.63, 3.8) is 0 Å². The molecule has 0 saturated carbocycles. The van der Waals surface area contributed by atoms with Gasteiger partial charge in [0, 0.05) is 22.6 Å². The van der Waals surface area contributed by atoms with E-state index >= 15 is 0 Å². The standard InChI is InChI=1S/C21H16Cl2N2O6/c1-2-31-20(30)24-12-5-3-4-11(8-12)21(19(28)29)14(6-7-18(26)27)13-9-15(22)16(23)10-17(13)25-21/h3-10H,2H2,1H3,(H,24,30)(H,26,27)(H,28,29). The van der Waals surface area contributed by atoms with Crippen LogP contribution in [0.4, 0.5) is 10.5 Å². The molecule has 31 heavy (non-hydrogen) atoms. The molecule has 8 nitrogen and oxygen atoms in total. The van der Waals surface area contributed by atoms with E-state index in [0.717, 1.165) is 6.08 Å². The molecule has 1 aliphatic rings. The predicted molar refractivity (Wildman–Crippen MR) is 114 cm³/mol. The van der Waals surface area contributed by atoms with Crippen molar-refractivity contribution in [3.05, 3.63) is 74.7 Å². The maximum Gasteiger partial charge on any atom is 0.411 e. The highest BCUT2D eigenvalue weighted by Crippen LogP contribution is 2.38. The maximum atomic E-state index is 12.6. The van der Waals surface area contributed by atoms with Gasteiger partial charge in [-0.2, -0.15) is 0 Å². The molecule has 1 atom stereocenters. The van der Waals surface area contributed by atoms with Crippen molar-refractivity contribution < 1.29 is 29.3 Å². The molecule has 0 bridgehead atoms. The number of carboxylic acid groups (broad SMARTS) is 2. The summed E-state index contributed by atoms with van der Waals surface area (Å²) in [5.41, 5.74) is -1.44. The molecule has 3 rings (SSSR count). The normalized spacial score (nSPS) is 17.2. The zero-order chi connectivity index (χ0) is 22.8. The fourth-order valence-corrected chi connectivity index (χ4v) is 3.58. The molecule has 3 N–H and O–H groups in total. The number of hydrogen-bond acceptors (Lipinski definition) is 5. The molecule has 0 aromatic heterocycles. The Hall–Kier alpha value is -3.36. The van der Waals surface area contributed by atoms with E-state index in [1.807, 2.05) is 0 Å². The SMILES string of the molecule is CCOC(=O)Nc1cccc(C2(C(=O)O)N=c3cc(Cl)c(Cl)cc3=C2C=CC(=O)O)c1. The first-order valence-electron chi connectivity index (χ1n) is 8.97. The molecule has 0 spiro atoms. The zero-order valence-corrected chi connectivity index (χ0v) is 17.6. The largest absolute Gasteiger partial charge is 0.479 e. The topological polar surface area (TPSA) is 125 Å². The summed E-state index contributed by atoms with van der Waals surface area (Å²) in [6.45, 7) is 1.81. The number of aliphatic carboxylic acids is 2. The first-order chi connectivity index (χ1) is 14.7. The fraction of sp³-hybridized carbons (Fsp3) is 0.143. The third-order valence-corrected chi connectivity index (χ3v) is 5.23. The molecule has 1 amide bonds. The van der Waals surface area contributed by atoms with E-state index < -0.39 is 23.6 Å². The second kappa shape index (κ2) is 8.79.